The minimum absolute atomic E-state index is 0.244. The van der Waals surface area contributed by atoms with Gasteiger partial charge < -0.3 is 5.32 Å². The Balaban J connectivity index is 1.73. The molecule has 2 nitrogen and oxygen atoms in total. The molecule has 1 aliphatic rings. The highest BCUT2D eigenvalue weighted by atomic mass is 19.1. The van der Waals surface area contributed by atoms with Crippen molar-refractivity contribution in [2.24, 2.45) is 0 Å². The maximum atomic E-state index is 12.7. The summed E-state index contributed by atoms with van der Waals surface area (Å²) in [6.45, 7) is 1.08. The summed E-state index contributed by atoms with van der Waals surface area (Å²) in [5, 5.41) is 3.44. The van der Waals surface area contributed by atoms with Gasteiger partial charge >= 0.3 is 0 Å². The third kappa shape index (κ3) is 4.22. The molecule has 1 fully saturated rings. The Morgan fingerprint density at radius 2 is 2.06 bits per heavy atom. The SMILES string of the molecule is O=C(CCC1CCCCN1)Cc1ccc(F)cc1. The Hall–Kier alpha value is -1.22. The van der Waals surface area contributed by atoms with Gasteiger partial charge in [0.2, 0.25) is 0 Å². The van der Waals surface area contributed by atoms with Gasteiger partial charge in [-0.2, -0.15) is 0 Å². The van der Waals surface area contributed by atoms with Crippen molar-refractivity contribution in [1.82, 2.24) is 5.32 Å². The number of rotatable bonds is 5. The molecular weight excluding hydrogens is 229 g/mol. The normalized spacial score (nSPS) is 19.7. The molecule has 0 bridgehead atoms. The predicted octanol–water partition coefficient (Wildman–Crippen LogP) is 2.86. The minimum atomic E-state index is -0.252. The van der Waals surface area contributed by atoms with Crippen LogP contribution in [-0.2, 0) is 11.2 Å². The first-order chi connectivity index (χ1) is 8.74. The van der Waals surface area contributed by atoms with Gasteiger partial charge in [-0.25, -0.2) is 4.39 Å². The molecule has 0 radical (unpaired) electrons. The summed E-state index contributed by atoms with van der Waals surface area (Å²) in [5.74, 6) is -0.00779. The topological polar surface area (TPSA) is 29.1 Å². The van der Waals surface area contributed by atoms with E-state index < -0.39 is 0 Å². The Labute approximate surface area is 108 Å². The van der Waals surface area contributed by atoms with Crippen LogP contribution in [0.3, 0.4) is 0 Å². The van der Waals surface area contributed by atoms with Crippen LogP contribution in [0.1, 0.15) is 37.7 Å². The van der Waals surface area contributed by atoms with Crippen LogP contribution in [-0.4, -0.2) is 18.4 Å². The average Bonchev–Trinajstić information content (AvgIpc) is 2.40. The molecule has 0 amide bonds. The Morgan fingerprint density at radius 1 is 1.28 bits per heavy atom. The fraction of sp³-hybridized carbons (Fsp3) is 0.533. The van der Waals surface area contributed by atoms with Gasteiger partial charge in [-0.05, 0) is 43.5 Å². The second kappa shape index (κ2) is 6.64. The first-order valence-corrected chi connectivity index (χ1v) is 6.73. The maximum absolute atomic E-state index is 12.7. The van der Waals surface area contributed by atoms with Crippen molar-refractivity contribution in [2.75, 3.05) is 6.54 Å². The summed E-state index contributed by atoms with van der Waals surface area (Å²) in [6, 6.07) is 6.70. The summed E-state index contributed by atoms with van der Waals surface area (Å²) < 4.78 is 12.7. The molecule has 1 unspecified atom stereocenters. The highest BCUT2D eigenvalue weighted by Gasteiger charge is 2.14. The molecule has 0 saturated carbocycles. The third-order valence-corrected chi connectivity index (χ3v) is 3.50. The number of carbonyl (C=O) groups is 1. The second-order valence-electron chi connectivity index (χ2n) is 5.03. The van der Waals surface area contributed by atoms with Crippen molar-refractivity contribution >= 4 is 5.78 Å². The van der Waals surface area contributed by atoms with Gasteiger partial charge in [-0.1, -0.05) is 18.6 Å². The molecule has 1 aromatic carbocycles. The summed E-state index contributed by atoms with van der Waals surface area (Å²) in [4.78, 5) is 11.8. The van der Waals surface area contributed by atoms with E-state index in [-0.39, 0.29) is 11.6 Å². The van der Waals surface area contributed by atoms with Crippen LogP contribution in [0.5, 0.6) is 0 Å². The van der Waals surface area contributed by atoms with Crippen LogP contribution < -0.4 is 5.32 Å². The van der Waals surface area contributed by atoms with Gasteiger partial charge in [-0.15, -0.1) is 0 Å². The van der Waals surface area contributed by atoms with Gasteiger partial charge in [0.15, 0.2) is 0 Å². The van der Waals surface area contributed by atoms with Gasteiger partial charge in [0.05, 0.1) is 0 Å². The summed E-state index contributed by atoms with van der Waals surface area (Å²) in [5.41, 5.74) is 0.901. The van der Waals surface area contributed by atoms with E-state index in [9.17, 15) is 9.18 Å². The number of hydrogen-bond donors (Lipinski definition) is 1. The molecule has 98 valence electrons. The van der Waals surface area contributed by atoms with Crippen molar-refractivity contribution in [1.29, 1.82) is 0 Å². The molecule has 18 heavy (non-hydrogen) atoms. The van der Waals surface area contributed by atoms with Crippen LogP contribution in [0.25, 0.3) is 0 Å². The third-order valence-electron chi connectivity index (χ3n) is 3.50. The number of ketones is 1. The van der Waals surface area contributed by atoms with Crippen LogP contribution in [0.4, 0.5) is 4.39 Å². The molecule has 1 atom stereocenters. The first kappa shape index (κ1) is 13.2. The molecule has 1 N–H and O–H groups in total. The summed E-state index contributed by atoms with van der Waals surface area (Å²) in [6.07, 6.45) is 5.68. The van der Waals surface area contributed by atoms with Gasteiger partial charge in [0.25, 0.3) is 0 Å². The van der Waals surface area contributed by atoms with E-state index in [0.29, 0.717) is 18.9 Å². The quantitative estimate of drug-likeness (QED) is 0.869. The van der Waals surface area contributed by atoms with Crippen molar-refractivity contribution in [3.05, 3.63) is 35.6 Å². The zero-order valence-corrected chi connectivity index (χ0v) is 10.6. The van der Waals surface area contributed by atoms with Gasteiger partial charge in [0.1, 0.15) is 11.6 Å². The van der Waals surface area contributed by atoms with Crippen molar-refractivity contribution in [3.8, 4) is 0 Å². The Kier molecular flexibility index (Phi) is 4.88. The lowest BCUT2D eigenvalue weighted by Crippen LogP contribution is -2.34. The molecular formula is C15H20FNO. The molecule has 2 rings (SSSR count). The van der Waals surface area contributed by atoms with Crippen LogP contribution in [0, 0.1) is 5.82 Å². The number of piperidine rings is 1. The molecule has 1 aromatic rings. The number of nitrogens with one attached hydrogen (secondary N) is 1. The van der Waals surface area contributed by atoms with E-state index in [4.69, 9.17) is 0 Å². The van der Waals surface area contributed by atoms with E-state index in [1.807, 2.05) is 0 Å². The van der Waals surface area contributed by atoms with Gasteiger partial charge in [-0.3, -0.25) is 4.79 Å². The molecule has 1 saturated heterocycles. The Morgan fingerprint density at radius 3 is 2.72 bits per heavy atom. The molecule has 3 heteroatoms. The lowest BCUT2D eigenvalue weighted by molar-refractivity contribution is -0.118. The second-order valence-corrected chi connectivity index (χ2v) is 5.03. The maximum Gasteiger partial charge on any atom is 0.137 e. The number of benzene rings is 1. The lowest BCUT2D eigenvalue weighted by Gasteiger charge is -2.22. The number of halogens is 1. The van der Waals surface area contributed by atoms with E-state index in [1.165, 1.54) is 31.4 Å². The minimum Gasteiger partial charge on any atom is -0.314 e. The van der Waals surface area contributed by atoms with Crippen molar-refractivity contribution in [3.63, 3.8) is 0 Å². The first-order valence-electron chi connectivity index (χ1n) is 6.73. The highest BCUT2D eigenvalue weighted by molar-refractivity contribution is 5.80. The smallest absolute Gasteiger partial charge is 0.137 e. The average molecular weight is 249 g/mol. The van der Waals surface area contributed by atoms with E-state index >= 15 is 0 Å². The fourth-order valence-corrected chi connectivity index (χ4v) is 2.42. The predicted molar refractivity (Wildman–Crippen MR) is 70.0 cm³/mol. The summed E-state index contributed by atoms with van der Waals surface area (Å²) >= 11 is 0. The standard InChI is InChI=1S/C15H20FNO/c16-13-6-4-12(5-7-13)11-15(18)9-8-14-3-1-2-10-17-14/h4-7,14,17H,1-3,8-11H2. The monoisotopic (exact) mass is 249 g/mol. The lowest BCUT2D eigenvalue weighted by atomic mass is 9.97. The largest absolute Gasteiger partial charge is 0.314 e. The number of Topliss-reactive ketones (excluding diaryl/α,β-unsaturated/α-hetero) is 1. The number of carbonyl (C=O) groups excluding carboxylic acids is 1. The zero-order valence-electron chi connectivity index (χ0n) is 10.6. The molecule has 1 heterocycles. The van der Waals surface area contributed by atoms with Crippen LogP contribution in [0.2, 0.25) is 0 Å². The summed E-state index contributed by atoms with van der Waals surface area (Å²) in [7, 11) is 0. The van der Waals surface area contributed by atoms with Crippen molar-refractivity contribution < 1.29 is 9.18 Å². The molecule has 1 aliphatic heterocycles. The molecule has 0 spiro atoms. The van der Waals surface area contributed by atoms with Crippen LogP contribution in [0.15, 0.2) is 24.3 Å². The highest BCUT2D eigenvalue weighted by Crippen LogP contribution is 2.13. The van der Waals surface area contributed by atoms with Crippen molar-refractivity contribution in [2.45, 2.75) is 44.6 Å². The zero-order chi connectivity index (χ0) is 12.8. The van der Waals surface area contributed by atoms with Crippen LogP contribution >= 0.6 is 0 Å². The Bertz CT molecular complexity index is 382. The van der Waals surface area contributed by atoms with E-state index in [0.717, 1.165) is 18.5 Å². The van der Waals surface area contributed by atoms with E-state index in [2.05, 4.69) is 5.32 Å². The fourth-order valence-electron chi connectivity index (χ4n) is 2.42. The van der Waals surface area contributed by atoms with E-state index in [1.54, 1.807) is 12.1 Å². The van der Waals surface area contributed by atoms with Gasteiger partial charge in [0, 0.05) is 18.9 Å². The molecule has 0 aliphatic carbocycles. The number of hydrogen-bond acceptors (Lipinski definition) is 2. The molecule has 0 aromatic heterocycles.